The van der Waals surface area contributed by atoms with Gasteiger partial charge in [-0.15, -0.1) is 0 Å². The fourth-order valence-electron chi connectivity index (χ4n) is 4.05. The van der Waals surface area contributed by atoms with E-state index in [1.54, 1.807) is 6.92 Å². The van der Waals surface area contributed by atoms with Gasteiger partial charge in [-0.1, -0.05) is 48.5 Å². The van der Waals surface area contributed by atoms with Gasteiger partial charge in [-0.2, -0.15) is 0 Å². The lowest BCUT2D eigenvalue weighted by atomic mass is 9.76. The summed E-state index contributed by atoms with van der Waals surface area (Å²) in [7, 11) is 0. The van der Waals surface area contributed by atoms with Gasteiger partial charge in [0.05, 0.1) is 6.61 Å². The molecular formula is C19H19NO3. The molecule has 2 aliphatic heterocycles. The van der Waals surface area contributed by atoms with E-state index in [0.29, 0.717) is 0 Å². The maximum absolute atomic E-state index is 12.3. The van der Waals surface area contributed by atoms with Crippen LogP contribution in [0.3, 0.4) is 0 Å². The van der Waals surface area contributed by atoms with E-state index in [-0.39, 0.29) is 12.6 Å². The average molecular weight is 309 g/mol. The average Bonchev–Trinajstić information content (AvgIpc) is 2.86. The maximum Gasteiger partial charge on any atom is 0.337 e. The molecule has 0 saturated carbocycles. The standard InChI is InChI=1S/C19H19NO3/c1-2-23-18(22)17(21)19-14-9-5-3-7-12(14)11-16(20-19)13-8-4-6-10-15(13)19/h3-10,16-17,20-21H,2,11H2,1H3/t16-,17+,19+/m0/s1. The summed E-state index contributed by atoms with van der Waals surface area (Å²) in [5.74, 6) is -0.591. The van der Waals surface area contributed by atoms with E-state index in [1.165, 1.54) is 0 Å². The lowest BCUT2D eigenvalue weighted by Crippen LogP contribution is -2.55. The van der Waals surface area contributed by atoms with Crippen LogP contribution < -0.4 is 5.32 Å². The maximum atomic E-state index is 12.3. The predicted octanol–water partition coefficient (Wildman–Crippen LogP) is 2.05. The van der Waals surface area contributed by atoms with Gasteiger partial charge in [0.25, 0.3) is 0 Å². The first-order chi connectivity index (χ1) is 11.2. The summed E-state index contributed by atoms with van der Waals surface area (Å²) >= 11 is 0. The summed E-state index contributed by atoms with van der Waals surface area (Å²) in [5, 5.41) is 14.4. The van der Waals surface area contributed by atoms with E-state index >= 15 is 0 Å². The zero-order valence-electron chi connectivity index (χ0n) is 13.0. The van der Waals surface area contributed by atoms with Gasteiger partial charge in [-0.3, -0.25) is 5.32 Å². The number of aliphatic hydroxyl groups excluding tert-OH is 1. The van der Waals surface area contributed by atoms with Crippen molar-refractivity contribution < 1.29 is 14.6 Å². The number of carbonyl (C=O) groups excluding carboxylic acids is 1. The van der Waals surface area contributed by atoms with Crippen LogP contribution >= 0.6 is 0 Å². The molecule has 0 aliphatic carbocycles. The zero-order chi connectivity index (χ0) is 16.0. The third-order valence-electron chi connectivity index (χ3n) is 4.95. The lowest BCUT2D eigenvalue weighted by Gasteiger charge is -2.40. The number of rotatable bonds is 3. The van der Waals surface area contributed by atoms with Crippen LogP contribution in [0.2, 0.25) is 0 Å². The number of esters is 1. The Morgan fingerprint density at radius 3 is 2.74 bits per heavy atom. The topological polar surface area (TPSA) is 58.6 Å². The Balaban J connectivity index is 1.95. The highest BCUT2D eigenvalue weighted by molar-refractivity contribution is 5.79. The molecule has 0 fully saturated rings. The number of nitrogens with one attached hydrogen (secondary N) is 1. The zero-order valence-corrected chi connectivity index (χ0v) is 13.0. The first-order valence-corrected chi connectivity index (χ1v) is 7.98. The quantitative estimate of drug-likeness (QED) is 0.852. The smallest absolute Gasteiger partial charge is 0.337 e. The highest BCUT2D eigenvalue weighted by Gasteiger charge is 2.55. The second-order valence-electron chi connectivity index (χ2n) is 6.11. The van der Waals surface area contributed by atoms with Crippen LogP contribution in [-0.4, -0.2) is 23.8 Å². The summed E-state index contributed by atoms with van der Waals surface area (Å²) in [6, 6.07) is 16.1. The molecule has 2 aromatic carbocycles. The molecule has 2 bridgehead atoms. The predicted molar refractivity (Wildman–Crippen MR) is 85.9 cm³/mol. The molecule has 4 heteroatoms. The number of aliphatic hydroxyl groups is 1. The molecule has 3 atom stereocenters. The van der Waals surface area contributed by atoms with Gasteiger partial charge < -0.3 is 9.84 Å². The van der Waals surface area contributed by atoms with Gasteiger partial charge in [0.2, 0.25) is 0 Å². The molecular weight excluding hydrogens is 290 g/mol. The minimum atomic E-state index is -1.28. The van der Waals surface area contributed by atoms with Crippen molar-refractivity contribution in [1.82, 2.24) is 5.32 Å². The van der Waals surface area contributed by atoms with Crippen molar-refractivity contribution in [3.8, 4) is 0 Å². The number of fused-ring (bicyclic) bond motifs is 7. The highest BCUT2D eigenvalue weighted by Crippen LogP contribution is 2.50. The minimum Gasteiger partial charge on any atom is -0.464 e. The monoisotopic (exact) mass is 309 g/mol. The second kappa shape index (κ2) is 5.18. The van der Waals surface area contributed by atoms with E-state index in [9.17, 15) is 9.90 Å². The van der Waals surface area contributed by atoms with Crippen molar-refractivity contribution in [1.29, 1.82) is 0 Å². The Hall–Kier alpha value is -2.17. The fourth-order valence-corrected chi connectivity index (χ4v) is 4.05. The van der Waals surface area contributed by atoms with Gasteiger partial charge in [0, 0.05) is 6.04 Å². The Kier molecular flexibility index (Phi) is 3.25. The van der Waals surface area contributed by atoms with Crippen molar-refractivity contribution in [2.75, 3.05) is 6.61 Å². The molecule has 0 unspecified atom stereocenters. The summed E-state index contributed by atoms with van der Waals surface area (Å²) in [4.78, 5) is 12.3. The normalized spacial score (nSPS) is 25.4. The molecule has 2 N–H and O–H groups in total. The van der Waals surface area contributed by atoms with Gasteiger partial charge in [0.1, 0.15) is 5.54 Å². The van der Waals surface area contributed by atoms with Crippen LogP contribution in [-0.2, 0) is 21.5 Å². The molecule has 2 heterocycles. The number of benzene rings is 2. The number of hydrogen-bond donors (Lipinski definition) is 2. The van der Waals surface area contributed by atoms with E-state index in [1.807, 2.05) is 36.4 Å². The molecule has 4 rings (SSSR count). The molecule has 0 saturated heterocycles. The molecule has 4 nitrogen and oxygen atoms in total. The molecule has 0 radical (unpaired) electrons. The van der Waals surface area contributed by atoms with Crippen LogP contribution in [0.5, 0.6) is 0 Å². The van der Waals surface area contributed by atoms with Crippen molar-refractivity contribution in [2.24, 2.45) is 0 Å². The summed E-state index contributed by atoms with van der Waals surface area (Å²) in [5.41, 5.74) is 3.31. The summed E-state index contributed by atoms with van der Waals surface area (Å²) < 4.78 is 5.10. The Bertz CT molecular complexity index is 760. The highest BCUT2D eigenvalue weighted by atomic mass is 16.5. The molecule has 2 aliphatic rings. The lowest BCUT2D eigenvalue weighted by molar-refractivity contribution is -0.157. The van der Waals surface area contributed by atoms with E-state index in [2.05, 4.69) is 17.4 Å². The van der Waals surface area contributed by atoms with Crippen molar-refractivity contribution in [2.45, 2.75) is 31.0 Å². The van der Waals surface area contributed by atoms with Gasteiger partial charge in [-0.25, -0.2) is 4.79 Å². The van der Waals surface area contributed by atoms with Crippen LogP contribution in [0.15, 0.2) is 48.5 Å². The van der Waals surface area contributed by atoms with E-state index in [0.717, 1.165) is 28.7 Å². The molecule has 2 aromatic rings. The minimum absolute atomic E-state index is 0.102. The SMILES string of the molecule is CCOC(=O)[C@@H](O)[C@@]12N[C@@H](Cc3ccccc31)c1ccccc12. The first-order valence-electron chi connectivity index (χ1n) is 7.98. The third-order valence-corrected chi connectivity index (χ3v) is 4.95. The largest absolute Gasteiger partial charge is 0.464 e. The fraction of sp³-hybridized carbons (Fsp3) is 0.316. The van der Waals surface area contributed by atoms with Crippen LogP contribution in [0, 0.1) is 0 Å². The molecule has 23 heavy (non-hydrogen) atoms. The van der Waals surface area contributed by atoms with Crippen LogP contribution in [0.1, 0.15) is 35.2 Å². The van der Waals surface area contributed by atoms with Gasteiger partial charge in [-0.05, 0) is 35.6 Å². The van der Waals surface area contributed by atoms with E-state index in [4.69, 9.17) is 4.74 Å². The third kappa shape index (κ3) is 1.89. The number of hydrogen-bond acceptors (Lipinski definition) is 4. The van der Waals surface area contributed by atoms with Crippen LogP contribution in [0.4, 0.5) is 0 Å². The molecule has 0 amide bonds. The number of carbonyl (C=O) groups is 1. The summed E-state index contributed by atoms with van der Waals surface area (Å²) in [6.45, 7) is 1.99. The van der Waals surface area contributed by atoms with Gasteiger partial charge >= 0.3 is 5.97 Å². The Labute approximate surface area is 135 Å². The molecule has 0 spiro atoms. The second-order valence-corrected chi connectivity index (χ2v) is 6.11. The molecule has 0 aromatic heterocycles. The Morgan fingerprint density at radius 2 is 1.96 bits per heavy atom. The van der Waals surface area contributed by atoms with Crippen molar-refractivity contribution in [3.05, 3.63) is 70.8 Å². The first kappa shape index (κ1) is 14.4. The van der Waals surface area contributed by atoms with Crippen molar-refractivity contribution >= 4 is 5.97 Å². The summed E-state index contributed by atoms with van der Waals surface area (Å²) in [6.07, 6.45) is -0.431. The van der Waals surface area contributed by atoms with E-state index < -0.39 is 17.6 Å². The van der Waals surface area contributed by atoms with Gasteiger partial charge in [0.15, 0.2) is 6.10 Å². The molecule has 118 valence electrons. The number of ether oxygens (including phenoxy) is 1. The Morgan fingerprint density at radius 1 is 1.26 bits per heavy atom. The van der Waals surface area contributed by atoms with Crippen molar-refractivity contribution in [3.63, 3.8) is 0 Å². The van der Waals surface area contributed by atoms with Crippen LogP contribution in [0.25, 0.3) is 0 Å².